The predicted molar refractivity (Wildman–Crippen MR) is 94.6 cm³/mol. The van der Waals surface area contributed by atoms with E-state index in [4.69, 9.17) is 0 Å². The van der Waals surface area contributed by atoms with E-state index in [1.54, 1.807) is 0 Å². The van der Waals surface area contributed by atoms with Crippen molar-refractivity contribution in [3.05, 3.63) is 34.3 Å². The van der Waals surface area contributed by atoms with Crippen LogP contribution in [0.2, 0.25) is 0 Å². The summed E-state index contributed by atoms with van der Waals surface area (Å²) in [4.78, 5) is 2.67. The Kier molecular flexibility index (Phi) is 7.21. The van der Waals surface area contributed by atoms with Crippen molar-refractivity contribution in [2.75, 3.05) is 26.2 Å². The minimum absolute atomic E-state index is 0.448. The van der Waals surface area contributed by atoms with Gasteiger partial charge in [-0.15, -0.1) is 0 Å². The number of halogens is 1. The fourth-order valence-electron chi connectivity index (χ4n) is 2.96. The highest BCUT2D eigenvalue weighted by molar-refractivity contribution is 9.10. The highest BCUT2D eigenvalue weighted by atomic mass is 79.9. The average Bonchev–Trinajstić information content (AvgIpc) is 3.28. The lowest BCUT2D eigenvalue weighted by Crippen LogP contribution is -2.31. The normalized spacial score (nSPS) is 16.4. The van der Waals surface area contributed by atoms with Crippen LogP contribution in [0, 0.1) is 5.92 Å². The highest BCUT2D eigenvalue weighted by Gasteiger charge is 2.24. The van der Waals surface area contributed by atoms with Crippen LogP contribution in [-0.2, 0) is 0 Å². The Balaban J connectivity index is 1.93. The Bertz CT molecular complexity index is 417. The van der Waals surface area contributed by atoms with Crippen molar-refractivity contribution in [2.24, 2.45) is 5.92 Å². The molecule has 1 saturated carbocycles. The number of nitrogens with zero attached hydrogens (tertiary/aromatic N) is 1. The molecule has 0 aromatic heterocycles. The Labute approximate surface area is 138 Å². The standard InChI is InChI=1S/C18H29BrN2/c1-3-12-21(14-15-9-10-15)13-11-18(20-4-2)16-7-5-6-8-17(16)19/h5-8,15,18,20H,3-4,9-14H2,1-2H3. The topological polar surface area (TPSA) is 15.3 Å². The summed E-state index contributed by atoms with van der Waals surface area (Å²) in [5.41, 5.74) is 1.39. The molecule has 1 aromatic carbocycles. The third-order valence-electron chi connectivity index (χ3n) is 4.22. The van der Waals surface area contributed by atoms with Crippen LogP contribution >= 0.6 is 15.9 Å². The van der Waals surface area contributed by atoms with Gasteiger partial charge in [0.1, 0.15) is 0 Å². The molecule has 0 bridgehead atoms. The molecule has 3 heteroatoms. The van der Waals surface area contributed by atoms with Crippen molar-refractivity contribution in [2.45, 2.75) is 45.6 Å². The van der Waals surface area contributed by atoms with E-state index < -0.39 is 0 Å². The largest absolute Gasteiger partial charge is 0.310 e. The summed E-state index contributed by atoms with van der Waals surface area (Å²) in [6, 6.07) is 9.06. The molecule has 0 amide bonds. The molecule has 0 aliphatic heterocycles. The van der Waals surface area contributed by atoms with Crippen LogP contribution in [0.15, 0.2) is 28.7 Å². The lowest BCUT2D eigenvalue weighted by atomic mass is 10.0. The quantitative estimate of drug-likeness (QED) is 0.661. The zero-order valence-corrected chi connectivity index (χ0v) is 15.0. The van der Waals surface area contributed by atoms with Crippen molar-refractivity contribution in [3.63, 3.8) is 0 Å². The van der Waals surface area contributed by atoms with Crippen LogP contribution < -0.4 is 5.32 Å². The van der Waals surface area contributed by atoms with Gasteiger partial charge in [0.25, 0.3) is 0 Å². The second kappa shape index (κ2) is 8.92. The number of hydrogen-bond acceptors (Lipinski definition) is 2. The number of hydrogen-bond donors (Lipinski definition) is 1. The minimum atomic E-state index is 0.448. The van der Waals surface area contributed by atoms with Gasteiger partial charge in [-0.1, -0.05) is 48.0 Å². The first-order valence-electron chi connectivity index (χ1n) is 8.44. The summed E-state index contributed by atoms with van der Waals surface area (Å²) in [6.45, 7) is 9.24. The molecule has 0 spiro atoms. The maximum atomic E-state index is 3.70. The number of benzene rings is 1. The first-order valence-corrected chi connectivity index (χ1v) is 9.24. The Hall–Kier alpha value is -0.380. The molecule has 1 atom stereocenters. The van der Waals surface area contributed by atoms with Gasteiger partial charge in [0.05, 0.1) is 0 Å². The second-order valence-electron chi connectivity index (χ2n) is 6.16. The lowest BCUT2D eigenvalue weighted by Gasteiger charge is -2.26. The van der Waals surface area contributed by atoms with E-state index in [1.807, 2.05) is 0 Å². The van der Waals surface area contributed by atoms with E-state index in [2.05, 4.69) is 64.3 Å². The van der Waals surface area contributed by atoms with E-state index >= 15 is 0 Å². The van der Waals surface area contributed by atoms with Gasteiger partial charge in [-0.2, -0.15) is 0 Å². The molecule has 21 heavy (non-hydrogen) atoms. The summed E-state index contributed by atoms with van der Waals surface area (Å²) in [7, 11) is 0. The van der Waals surface area contributed by atoms with Crippen LogP contribution in [0.1, 0.15) is 51.1 Å². The molecule has 1 aliphatic carbocycles. The van der Waals surface area contributed by atoms with Gasteiger partial charge < -0.3 is 10.2 Å². The van der Waals surface area contributed by atoms with Crippen LogP contribution in [0.4, 0.5) is 0 Å². The molecule has 1 fully saturated rings. The smallest absolute Gasteiger partial charge is 0.0343 e. The van der Waals surface area contributed by atoms with Gasteiger partial charge in [-0.25, -0.2) is 0 Å². The summed E-state index contributed by atoms with van der Waals surface area (Å²) >= 11 is 3.70. The van der Waals surface area contributed by atoms with Crippen LogP contribution in [0.25, 0.3) is 0 Å². The Morgan fingerprint density at radius 1 is 1.24 bits per heavy atom. The minimum Gasteiger partial charge on any atom is -0.310 e. The predicted octanol–water partition coefficient (Wildman–Crippen LogP) is 4.61. The van der Waals surface area contributed by atoms with Gasteiger partial charge in [-0.3, -0.25) is 0 Å². The summed E-state index contributed by atoms with van der Waals surface area (Å²) < 4.78 is 1.22. The molecule has 1 N–H and O–H groups in total. The van der Waals surface area contributed by atoms with Gasteiger partial charge in [0, 0.05) is 17.1 Å². The van der Waals surface area contributed by atoms with Gasteiger partial charge in [0.15, 0.2) is 0 Å². The second-order valence-corrected chi connectivity index (χ2v) is 7.02. The van der Waals surface area contributed by atoms with Crippen molar-refractivity contribution < 1.29 is 0 Å². The SMILES string of the molecule is CCCN(CCC(NCC)c1ccccc1Br)CC1CC1. The third kappa shape index (κ3) is 5.72. The van der Waals surface area contributed by atoms with E-state index in [9.17, 15) is 0 Å². The molecule has 0 heterocycles. The molecule has 1 aromatic rings. The fourth-order valence-corrected chi connectivity index (χ4v) is 3.52. The molecule has 2 nitrogen and oxygen atoms in total. The maximum Gasteiger partial charge on any atom is 0.0343 e. The Morgan fingerprint density at radius 2 is 2.00 bits per heavy atom. The summed E-state index contributed by atoms with van der Waals surface area (Å²) in [5.74, 6) is 0.984. The number of nitrogens with one attached hydrogen (secondary N) is 1. The van der Waals surface area contributed by atoms with E-state index in [1.165, 1.54) is 55.4 Å². The van der Waals surface area contributed by atoms with E-state index in [0.717, 1.165) is 12.5 Å². The first kappa shape index (κ1) is 17.0. The summed E-state index contributed by atoms with van der Waals surface area (Å²) in [6.07, 6.45) is 5.33. The van der Waals surface area contributed by atoms with Crippen molar-refractivity contribution >= 4 is 15.9 Å². The van der Waals surface area contributed by atoms with Gasteiger partial charge >= 0.3 is 0 Å². The molecular formula is C18H29BrN2. The zero-order valence-electron chi connectivity index (χ0n) is 13.4. The molecule has 118 valence electrons. The van der Waals surface area contributed by atoms with E-state index in [-0.39, 0.29) is 0 Å². The fraction of sp³-hybridized carbons (Fsp3) is 0.667. The van der Waals surface area contributed by atoms with Crippen LogP contribution in [0.3, 0.4) is 0 Å². The maximum absolute atomic E-state index is 3.70. The van der Waals surface area contributed by atoms with Crippen molar-refractivity contribution in [1.82, 2.24) is 10.2 Å². The summed E-state index contributed by atoms with van der Waals surface area (Å²) in [5, 5.41) is 3.65. The van der Waals surface area contributed by atoms with Crippen LogP contribution in [-0.4, -0.2) is 31.1 Å². The first-order chi connectivity index (χ1) is 10.2. The van der Waals surface area contributed by atoms with Crippen LogP contribution in [0.5, 0.6) is 0 Å². The van der Waals surface area contributed by atoms with Crippen molar-refractivity contribution in [3.8, 4) is 0 Å². The van der Waals surface area contributed by atoms with E-state index in [0.29, 0.717) is 6.04 Å². The Morgan fingerprint density at radius 3 is 2.62 bits per heavy atom. The third-order valence-corrected chi connectivity index (χ3v) is 4.94. The highest BCUT2D eigenvalue weighted by Crippen LogP contribution is 2.30. The molecular weight excluding hydrogens is 324 g/mol. The zero-order chi connectivity index (χ0) is 15.1. The van der Waals surface area contributed by atoms with Gasteiger partial charge in [0.2, 0.25) is 0 Å². The number of rotatable bonds is 10. The lowest BCUT2D eigenvalue weighted by molar-refractivity contribution is 0.247. The monoisotopic (exact) mass is 352 g/mol. The average molecular weight is 353 g/mol. The molecule has 0 radical (unpaired) electrons. The van der Waals surface area contributed by atoms with Crippen molar-refractivity contribution in [1.29, 1.82) is 0 Å². The molecule has 1 unspecified atom stereocenters. The van der Waals surface area contributed by atoms with Gasteiger partial charge in [-0.05, 0) is 62.9 Å². The molecule has 0 saturated heterocycles. The molecule has 1 aliphatic rings. The molecule has 2 rings (SSSR count).